The monoisotopic (exact) mass is 415 g/mol. The van der Waals surface area contributed by atoms with Gasteiger partial charge in [-0.2, -0.15) is 0 Å². The lowest BCUT2D eigenvalue weighted by Crippen LogP contribution is -2.32. The summed E-state index contributed by atoms with van der Waals surface area (Å²) in [6.45, 7) is 2.69. The fraction of sp³-hybridized carbons (Fsp3) is 0.474. The van der Waals surface area contributed by atoms with Crippen LogP contribution < -0.4 is 11.1 Å². The van der Waals surface area contributed by atoms with Gasteiger partial charge in [-0.3, -0.25) is 4.79 Å². The standard InChI is InChI=1S/C19H25N3OS.2ClH/c1-13-22-18(12-24-13)15-7-5-14(6-8-15)9-10-21-19(23)11-16-3-2-4-17(16)20;;/h5-8,12,16-17H,2-4,9-11,20H2,1H3,(H,21,23);2*1H/t16-,17+;;/m0../s1. The second-order valence-electron chi connectivity index (χ2n) is 6.61. The number of halogens is 2. The highest BCUT2D eigenvalue weighted by Gasteiger charge is 2.25. The van der Waals surface area contributed by atoms with Gasteiger partial charge < -0.3 is 11.1 Å². The average molecular weight is 416 g/mol. The first-order chi connectivity index (χ1) is 11.6. The van der Waals surface area contributed by atoms with Gasteiger partial charge in [0.15, 0.2) is 0 Å². The SMILES string of the molecule is Cc1nc(-c2ccc(CCNC(=O)C[C@@H]3CCC[C@H]3N)cc2)cs1.Cl.Cl. The predicted molar refractivity (Wildman–Crippen MR) is 113 cm³/mol. The first-order valence-electron chi connectivity index (χ1n) is 8.65. The van der Waals surface area contributed by atoms with Crippen LogP contribution in [-0.2, 0) is 11.2 Å². The van der Waals surface area contributed by atoms with Crippen molar-refractivity contribution in [2.24, 2.45) is 11.7 Å². The summed E-state index contributed by atoms with van der Waals surface area (Å²) in [5, 5.41) is 6.19. The van der Waals surface area contributed by atoms with E-state index in [1.54, 1.807) is 11.3 Å². The van der Waals surface area contributed by atoms with E-state index in [2.05, 4.69) is 39.9 Å². The van der Waals surface area contributed by atoms with Crippen LogP contribution in [0.25, 0.3) is 11.3 Å². The molecule has 144 valence electrons. The Bertz CT molecular complexity index is 690. The minimum absolute atomic E-state index is 0. The van der Waals surface area contributed by atoms with E-state index < -0.39 is 0 Å². The molecule has 0 spiro atoms. The lowest BCUT2D eigenvalue weighted by molar-refractivity contribution is -0.122. The van der Waals surface area contributed by atoms with Crippen molar-refractivity contribution >= 4 is 42.1 Å². The Morgan fingerprint density at radius 1 is 1.27 bits per heavy atom. The van der Waals surface area contributed by atoms with E-state index in [0.29, 0.717) is 18.9 Å². The zero-order valence-corrected chi connectivity index (χ0v) is 17.4. The van der Waals surface area contributed by atoms with Crippen LogP contribution >= 0.6 is 36.2 Å². The van der Waals surface area contributed by atoms with Gasteiger partial charge in [-0.05, 0) is 37.7 Å². The van der Waals surface area contributed by atoms with Gasteiger partial charge in [-0.25, -0.2) is 4.98 Å². The number of amides is 1. The van der Waals surface area contributed by atoms with Crippen molar-refractivity contribution in [2.45, 2.75) is 45.1 Å². The zero-order valence-electron chi connectivity index (χ0n) is 14.9. The molecule has 1 fully saturated rings. The highest BCUT2D eigenvalue weighted by atomic mass is 35.5. The van der Waals surface area contributed by atoms with Crippen LogP contribution in [0.3, 0.4) is 0 Å². The van der Waals surface area contributed by atoms with Crippen LogP contribution in [0.2, 0.25) is 0 Å². The summed E-state index contributed by atoms with van der Waals surface area (Å²) in [6.07, 6.45) is 4.72. The Labute approximate surface area is 171 Å². The van der Waals surface area contributed by atoms with E-state index >= 15 is 0 Å². The van der Waals surface area contributed by atoms with Crippen molar-refractivity contribution < 1.29 is 4.79 Å². The third kappa shape index (κ3) is 6.23. The molecule has 0 radical (unpaired) electrons. The maximum Gasteiger partial charge on any atom is 0.220 e. The highest BCUT2D eigenvalue weighted by molar-refractivity contribution is 7.09. The molecule has 26 heavy (non-hydrogen) atoms. The molecule has 1 aliphatic carbocycles. The van der Waals surface area contributed by atoms with Crippen molar-refractivity contribution in [3.05, 3.63) is 40.2 Å². The average Bonchev–Trinajstić information content (AvgIpc) is 3.17. The van der Waals surface area contributed by atoms with Crippen molar-refractivity contribution in [2.75, 3.05) is 6.54 Å². The number of hydrogen-bond acceptors (Lipinski definition) is 4. The number of benzene rings is 1. The van der Waals surface area contributed by atoms with Crippen molar-refractivity contribution in [3.8, 4) is 11.3 Å². The van der Waals surface area contributed by atoms with Crippen LogP contribution in [0.15, 0.2) is 29.6 Å². The number of rotatable bonds is 6. The molecule has 3 rings (SSSR count). The summed E-state index contributed by atoms with van der Waals surface area (Å²) in [6, 6.07) is 8.64. The Morgan fingerprint density at radius 2 is 2.00 bits per heavy atom. The summed E-state index contributed by atoms with van der Waals surface area (Å²) < 4.78 is 0. The molecule has 1 aromatic heterocycles. The van der Waals surface area contributed by atoms with Gasteiger partial charge in [0.25, 0.3) is 0 Å². The number of nitrogens with one attached hydrogen (secondary N) is 1. The smallest absolute Gasteiger partial charge is 0.220 e. The summed E-state index contributed by atoms with van der Waals surface area (Å²) in [5.41, 5.74) is 9.43. The summed E-state index contributed by atoms with van der Waals surface area (Å²) in [4.78, 5) is 16.5. The van der Waals surface area contributed by atoms with E-state index in [4.69, 9.17) is 5.73 Å². The van der Waals surface area contributed by atoms with Crippen LogP contribution in [0, 0.1) is 12.8 Å². The third-order valence-electron chi connectivity index (χ3n) is 4.77. The van der Waals surface area contributed by atoms with E-state index in [-0.39, 0.29) is 36.8 Å². The Morgan fingerprint density at radius 3 is 2.58 bits per heavy atom. The minimum atomic E-state index is 0. The number of nitrogens with two attached hydrogens (primary N) is 1. The molecule has 0 bridgehead atoms. The van der Waals surface area contributed by atoms with E-state index in [1.807, 2.05) is 6.92 Å². The molecule has 3 N–H and O–H groups in total. The second kappa shape index (κ2) is 10.9. The molecule has 0 aliphatic heterocycles. The molecular formula is C19H27Cl2N3OS. The van der Waals surface area contributed by atoms with Crippen LogP contribution in [0.1, 0.15) is 36.3 Å². The van der Waals surface area contributed by atoms with Gasteiger partial charge >= 0.3 is 0 Å². The molecule has 0 saturated heterocycles. The van der Waals surface area contributed by atoms with Gasteiger partial charge in [0.05, 0.1) is 10.7 Å². The van der Waals surface area contributed by atoms with E-state index in [1.165, 1.54) is 5.56 Å². The molecule has 1 amide bonds. The maximum absolute atomic E-state index is 12.0. The Balaban J connectivity index is 0.00000169. The Kier molecular flexibility index (Phi) is 9.58. The van der Waals surface area contributed by atoms with Gasteiger partial charge in [0.2, 0.25) is 5.91 Å². The first-order valence-corrected chi connectivity index (χ1v) is 9.53. The summed E-state index contributed by atoms with van der Waals surface area (Å²) >= 11 is 1.67. The van der Waals surface area contributed by atoms with Gasteiger partial charge in [0, 0.05) is 30.0 Å². The fourth-order valence-electron chi connectivity index (χ4n) is 3.31. The van der Waals surface area contributed by atoms with Gasteiger partial charge in [-0.1, -0.05) is 30.7 Å². The molecule has 1 heterocycles. The van der Waals surface area contributed by atoms with Gasteiger partial charge in [-0.15, -0.1) is 36.2 Å². The number of aryl methyl sites for hydroxylation is 1. The second-order valence-corrected chi connectivity index (χ2v) is 7.67. The number of hydrogen-bond donors (Lipinski definition) is 2. The maximum atomic E-state index is 12.0. The fourth-order valence-corrected chi connectivity index (χ4v) is 3.94. The number of carbonyl (C=O) groups is 1. The van der Waals surface area contributed by atoms with Crippen molar-refractivity contribution in [3.63, 3.8) is 0 Å². The first kappa shape index (κ1) is 22.9. The molecule has 4 nitrogen and oxygen atoms in total. The highest BCUT2D eigenvalue weighted by Crippen LogP contribution is 2.26. The molecule has 1 aliphatic rings. The number of carbonyl (C=O) groups excluding carboxylic acids is 1. The summed E-state index contributed by atoms with van der Waals surface area (Å²) in [5.74, 6) is 0.498. The quantitative estimate of drug-likeness (QED) is 0.744. The normalized spacial score (nSPS) is 18.7. The van der Waals surface area contributed by atoms with Gasteiger partial charge in [0.1, 0.15) is 0 Å². The molecule has 2 aromatic rings. The van der Waals surface area contributed by atoms with E-state index in [0.717, 1.165) is 41.9 Å². The number of aromatic nitrogens is 1. The molecule has 1 saturated carbocycles. The zero-order chi connectivity index (χ0) is 16.9. The predicted octanol–water partition coefficient (Wildman–Crippen LogP) is 4.14. The lowest BCUT2D eigenvalue weighted by atomic mass is 10.00. The third-order valence-corrected chi connectivity index (χ3v) is 5.54. The number of thiazole rings is 1. The largest absolute Gasteiger partial charge is 0.356 e. The van der Waals surface area contributed by atoms with Crippen molar-refractivity contribution in [1.82, 2.24) is 10.3 Å². The lowest BCUT2D eigenvalue weighted by Gasteiger charge is -2.14. The topological polar surface area (TPSA) is 68.0 Å². The Hall–Kier alpha value is -1.14. The molecule has 0 unspecified atom stereocenters. The molecule has 7 heteroatoms. The van der Waals surface area contributed by atoms with Crippen LogP contribution in [0.5, 0.6) is 0 Å². The molecule has 2 atom stereocenters. The molecule has 1 aromatic carbocycles. The van der Waals surface area contributed by atoms with Crippen LogP contribution in [-0.4, -0.2) is 23.5 Å². The molecular weight excluding hydrogens is 389 g/mol. The van der Waals surface area contributed by atoms with Crippen molar-refractivity contribution in [1.29, 1.82) is 0 Å². The van der Waals surface area contributed by atoms with E-state index in [9.17, 15) is 4.79 Å². The number of nitrogens with zero attached hydrogens (tertiary/aromatic N) is 1. The summed E-state index contributed by atoms with van der Waals surface area (Å²) in [7, 11) is 0. The van der Waals surface area contributed by atoms with Crippen LogP contribution in [0.4, 0.5) is 0 Å². The minimum Gasteiger partial charge on any atom is -0.356 e.